The average Bonchev–Trinajstić information content (AvgIpc) is 2.62. The first-order valence-corrected chi connectivity index (χ1v) is 7.25. The molecule has 0 aliphatic heterocycles. The quantitative estimate of drug-likeness (QED) is 0.623. The summed E-state index contributed by atoms with van der Waals surface area (Å²) in [4.78, 5) is 12.2. The lowest BCUT2D eigenvalue weighted by Gasteiger charge is -2.12. The fourth-order valence-corrected chi connectivity index (χ4v) is 2.06. The van der Waals surface area contributed by atoms with E-state index in [1.807, 2.05) is 0 Å². The zero-order valence-corrected chi connectivity index (χ0v) is 13.5. The third-order valence-corrected chi connectivity index (χ3v) is 3.20. The lowest BCUT2D eigenvalue weighted by molar-refractivity contribution is -0.112. The second-order valence-electron chi connectivity index (χ2n) is 4.89. The molecule has 26 heavy (non-hydrogen) atoms. The van der Waals surface area contributed by atoms with E-state index >= 15 is 0 Å². The highest BCUT2D eigenvalue weighted by Gasteiger charge is 2.17. The normalized spacial score (nSPS) is 11.0. The largest absolute Gasteiger partial charge is 0.493 e. The van der Waals surface area contributed by atoms with Gasteiger partial charge in [-0.3, -0.25) is 4.79 Å². The second kappa shape index (κ2) is 8.58. The average molecular weight is 362 g/mol. The maximum atomic E-state index is 12.9. The predicted octanol–water partition coefficient (Wildman–Crippen LogP) is 3.98. The molecule has 2 rings (SSSR count). The van der Waals surface area contributed by atoms with E-state index in [9.17, 15) is 23.2 Å². The summed E-state index contributed by atoms with van der Waals surface area (Å²) in [5, 5.41) is 11.6. The van der Waals surface area contributed by atoms with Crippen molar-refractivity contribution in [3.8, 4) is 17.6 Å². The molecule has 0 atom stereocenters. The number of nitrogens with one attached hydrogen (secondary N) is 1. The molecule has 2 aromatic rings. The van der Waals surface area contributed by atoms with Gasteiger partial charge in [0.25, 0.3) is 5.91 Å². The Morgan fingerprint density at radius 2 is 1.92 bits per heavy atom. The zero-order valence-electron chi connectivity index (χ0n) is 13.5. The highest BCUT2D eigenvalue weighted by Crippen LogP contribution is 2.33. The fraction of sp³-hybridized carbons (Fsp3) is 0.111. The van der Waals surface area contributed by atoms with Crippen LogP contribution < -0.4 is 14.8 Å². The monoisotopic (exact) mass is 362 g/mol. The van der Waals surface area contributed by atoms with Gasteiger partial charge >= 0.3 is 6.61 Å². The molecule has 0 bridgehead atoms. The number of alkyl halides is 2. The molecule has 0 spiro atoms. The Labute approximate surface area is 147 Å². The molecule has 0 heterocycles. The van der Waals surface area contributed by atoms with Gasteiger partial charge in [0, 0.05) is 11.3 Å². The van der Waals surface area contributed by atoms with E-state index in [-0.39, 0.29) is 28.3 Å². The van der Waals surface area contributed by atoms with Crippen molar-refractivity contribution in [3.05, 3.63) is 59.4 Å². The minimum absolute atomic E-state index is 0.0234. The number of halogens is 3. The van der Waals surface area contributed by atoms with Crippen LogP contribution in [0.3, 0.4) is 0 Å². The standard InChI is InChI=1S/C18H13F3N2O3/c1-25-15-4-2-3-11(16(15)26-18(20)21)9-12(10-22)17(24)23-14-7-5-13(19)6-8-14/h2-9,18H,1H3,(H,23,24)/b12-9+. The predicted molar refractivity (Wildman–Crippen MR) is 88.2 cm³/mol. The Bertz CT molecular complexity index is 859. The number of anilines is 1. The van der Waals surface area contributed by atoms with E-state index in [1.54, 1.807) is 6.07 Å². The van der Waals surface area contributed by atoms with Crippen LogP contribution in [0.4, 0.5) is 18.9 Å². The van der Waals surface area contributed by atoms with Crippen LogP contribution in [0.1, 0.15) is 5.56 Å². The van der Waals surface area contributed by atoms with Gasteiger partial charge in [-0.25, -0.2) is 4.39 Å². The minimum Gasteiger partial charge on any atom is -0.493 e. The van der Waals surface area contributed by atoms with Crippen LogP contribution in [0.25, 0.3) is 6.08 Å². The molecule has 5 nitrogen and oxygen atoms in total. The maximum absolute atomic E-state index is 12.9. The number of nitriles is 1. The number of rotatable bonds is 6. The van der Waals surface area contributed by atoms with Gasteiger partial charge in [-0.05, 0) is 36.4 Å². The molecule has 0 aliphatic rings. The van der Waals surface area contributed by atoms with Gasteiger partial charge in [-0.1, -0.05) is 12.1 Å². The van der Waals surface area contributed by atoms with E-state index in [0.717, 1.165) is 18.2 Å². The molecule has 0 aromatic heterocycles. The number of hydrogen-bond donors (Lipinski definition) is 1. The highest BCUT2D eigenvalue weighted by molar-refractivity contribution is 6.09. The van der Waals surface area contributed by atoms with Gasteiger partial charge < -0.3 is 14.8 Å². The minimum atomic E-state index is -3.11. The summed E-state index contributed by atoms with van der Waals surface area (Å²) < 4.78 is 47.6. The Morgan fingerprint density at radius 3 is 2.50 bits per heavy atom. The third kappa shape index (κ3) is 4.77. The van der Waals surface area contributed by atoms with E-state index < -0.39 is 18.3 Å². The van der Waals surface area contributed by atoms with Gasteiger partial charge in [0.1, 0.15) is 17.5 Å². The highest BCUT2D eigenvalue weighted by atomic mass is 19.3. The number of carbonyl (C=O) groups is 1. The number of ether oxygens (including phenoxy) is 2. The van der Waals surface area contributed by atoms with Crippen LogP contribution in [-0.2, 0) is 4.79 Å². The molecular weight excluding hydrogens is 349 g/mol. The van der Waals surface area contributed by atoms with Crippen molar-refractivity contribution < 1.29 is 27.4 Å². The van der Waals surface area contributed by atoms with Gasteiger partial charge in [0.05, 0.1) is 7.11 Å². The topological polar surface area (TPSA) is 71.3 Å². The van der Waals surface area contributed by atoms with E-state index in [1.165, 1.54) is 37.4 Å². The molecule has 0 aliphatic carbocycles. The van der Waals surface area contributed by atoms with E-state index in [0.29, 0.717) is 0 Å². The van der Waals surface area contributed by atoms with E-state index in [2.05, 4.69) is 10.1 Å². The Balaban J connectivity index is 2.34. The van der Waals surface area contributed by atoms with Crippen molar-refractivity contribution >= 4 is 17.7 Å². The molecule has 1 N–H and O–H groups in total. The van der Waals surface area contributed by atoms with Gasteiger partial charge in [-0.15, -0.1) is 0 Å². The molecular formula is C18H13F3N2O3. The number of hydrogen-bond acceptors (Lipinski definition) is 4. The van der Waals surface area contributed by atoms with Crippen molar-refractivity contribution in [1.29, 1.82) is 5.26 Å². The molecule has 0 radical (unpaired) electrons. The summed E-state index contributed by atoms with van der Waals surface area (Å²) in [5.74, 6) is -1.54. The summed E-state index contributed by atoms with van der Waals surface area (Å²) in [5.41, 5.74) is -0.0237. The van der Waals surface area contributed by atoms with Crippen LogP contribution in [0.15, 0.2) is 48.0 Å². The van der Waals surface area contributed by atoms with E-state index in [4.69, 9.17) is 4.74 Å². The van der Waals surface area contributed by atoms with Crippen LogP contribution in [0.2, 0.25) is 0 Å². The van der Waals surface area contributed by atoms with Crippen molar-refractivity contribution in [2.24, 2.45) is 0 Å². The Kier molecular flexibility index (Phi) is 6.22. The van der Waals surface area contributed by atoms with Gasteiger partial charge in [-0.2, -0.15) is 14.0 Å². The smallest absolute Gasteiger partial charge is 0.387 e. The summed E-state index contributed by atoms with van der Waals surface area (Å²) in [7, 11) is 1.27. The van der Waals surface area contributed by atoms with Crippen molar-refractivity contribution in [1.82, 2.24) is 0 Å². The van der Waals surface area contributed by atoms with Crippen LogP contribution >= 0.6 is 0 Å². The molecule has 134 valence electrons. The Morgan fingerprint density at radius 1 is 1.23 bits per heavy atom. The molecule has 1 amide bonds. The summed E-state index contributed by atoms with van der Waals surface area (Å²) in [6.45, 7) is -3.11. The lowest BCUT2D eigenvalue weighted by atomic mass is 10.1. The number of benzene rings is 2. The molecule has 0 saturated carbocycles. The van der Waals surface area contributed by atoms with Gasteiger partial charge in [0.2, 0.25) is 0 Å². The molecule has 0 unspecified atom stereocenters. The SMILES string of the molecule is COc1cccc(/C=C(\C#N)C(=O)Nc2ccc(F)cc2)c1OC(F)F. The van der Waals surface area contributed by atoms with Crippen molar-refractivity contribution in [2.75, 3.05) is 12.4 Å². The summed E-state index contributed by atoms with van der Waals surface area (Å²) >= 11 is 0. The number of amides is 1. The van der Waals surface area contributed by atoms with Crippen LogP contribution in [0, 0.1) is 17.1 Å². The number of para-hydroxylation sites is 1. The molecule has 8 heteroatoms. The first-order valence-electron chi connectivity index (χ1n) is 7.25. The maximum Gasteiger partial charge on any atom is 0.387 e. The lowest BCUT2D eigenvalue weighted by Crippen LogP contribution is -2.13. The van der Waals surface area contributed by atoms with Crippen molar-refractivity contribution in [2.45, 2.75) is 6.61 Å². The third-order valence-electron chi connectivity index (χ3n) is 3.20. The van der Waals surface area contributed by atoms with Gasteiger partial charge in [0.15, 0.2) is 11.5 Å². The molecule has 2 aromatic carbocycles. The zero-order chi connectivity index (χ0) is 19.1. The summed E-state index contributed by atoms with van der Waals surface area (Å²) in [6, 6.07) is 10.9. The van der Waals surface area contributed by atoms with Crippen LogP contribution in [-0.4, -0.2) is 19.6 Å². The summed E-state index contributed by atoms with van der Waals surface area (Å²) in [6.07, 6.45) is 1.10. The van der Waals surface area contributed by atoms with Crippen molar-refractivity contribution in [3.63, 3.8) is 0 Å². The van der Waals surface area contributed by atoms with Crippen LogP contribution in [0.5, 0.6) is 11.5 Å². The fourth-order valence-electron chi connectivity index (χ4n) is 2.06. The molecule has 0 saturated heterocycles. The number of methoxy groups -OCH3 is 1. The number of nitrogens with zero attached hydrogens (tertiary/aromatic N) is 1. The molecule has 0 fully saturated rings. The Hall–Kier alpha value is -3.47. The first-order chi connectivity index (χ1) is 12.4. The second-order valence-corrected chi connectivity index (χ2v) is 4.89. The number of carbonyl (C=O) groups excluding carboxylic acids is 1. The first kappa shape index (κ1) is 18.9.